The van der Waals surface area contributed by atoms with Crippen molar-refractivity contribution in [2.24, 2.45) is 5.73 Å². The number of nitrogens with zero attached hydrogens (tertiary/aromatic N) is 1. The number of rotatable bonds is 5. The summed E-state index contributed by atoms with van der Waals surface area (Å²) in [5.74, 6) is 0.402. The first kappa shape index (κ1) is 17.9. The Bertz CT molecular complexity index is 862. The molecule has 0 unspecified atom stereocenters. The van der Waals surface area contributed by atoms with Gasteiger partial charge in [0, 0.05) is 24.4 Å². The Morgan fingerprint density at radius 1 is 0.962 bits per heavy atom. The smallest absolute Gasteiger partial charge is 0.416 e. The highest BCUT2D eigenvalue weighted by atomic mass is 19.4. The van der Waals surface area contributed by atoms with Crippen molar-refractivity contribution in [3.05, 3.63) is 83.6 Å². The van der Waals surface area contributed by atoms with E-state index in [-0.39, 0.29) is 6.54 Å². The fourth-order valence-corrected chi connectivity index (χ4v) is 2.56. The monoisotopic (exact) mass is 358 g/mol. The third-order valence-electron chi connectivity index (χ3n) is 3.93. The first-order chi connectivity index (χ1) is 12.5. The molecule has 134 valence electrons. The van der Waals surface area contributed by atoms with E-state index in [0.717, 1.165) is 17.7 Å². The highest BCUT2D eigenvalue weighted by Crippen LogP contribution is 2.34. The number of hydrogen-bond acceptors (Lipinski definition) is 3. The summed E-state index contributed by atoms with van der Waals surface area (Å²) in [6, 6.07) is 16.5. The van der Waals surface area contributed by atoms with Gasteiger partial charge in [-0.05, 0) is 34.9 Å². The zero-order valence-electron chi connectivity index (χ0n) is 13.8. The number of hydrogen-bond donors (Lipinski definition) is 1. The van der Waals surface area contributed by atoms with Gasteiger partial charge >= 0.3 is 6.18 Å². The SMILES string of the molecule is NCc1ccc(C(F)(F)F)cc1-c1ccc(OCc2ccccc2)nc1. The van der Waals surface area contributed by atoms with Crippen LogP contribution in [0.3, 0.4) is 0 Å². The third-order valence-corrected chi connectivity index (χ3v) is 3.93. The Hall–Kier alpha value is -2.86. The fraction of sp³-hybridized carbons (Fsp3) is 0.150. The molecule has 2 N–H and O–H groups in total. The Morgan fingerprint density at radius 3 is 2.35 bits per heavy atom. The second-order valence-corrected chi connectivity index (χ2v) is 5.73. The highest BCUT2D eigenvalue weighted by molar-refractivity contribution is 5.68. The van der Waals surface area contributed by atoms with Gasteiger partial charge in [-0.15, -0.1) is 0 Å². The Balaban J connectivity index is 1.81. The molecule has 0 bridgehead atoms. The van der Waals surface area contributed by atoms with Crippen molar-refractivity contribution < 1.29 is 17.9 Å². The molecule has 3 aromatic rings. The molecule has 2 aromatic carbocycles. The van der Waals surface area contributed by atoms with Gasteiger partial charge in [-0.1, -0.05) is 36.4 Å². The summed E-state index contributed by atoms with van der Waals surface area (Å²) < 4.78 is 44.5. The first-order valence-corrected chi connectivity index (χ1v) is 8.00. The Labute approximate surface area is 149 Å². The molecule has 0 saturated heterocycles. The maximum absolute atomic E-state index is 13.0. The number of benzene rings is 2. The van der Waals surface area contributed by atoms with Crippen LogP contribution in [-0.2, 0) is 19.3 Å². The molecule has 1 heterocycles. The van der Waals surface area contributed by atoms with E-state index in [9.17, 15) is 13.2 Å². The van der Waals surface area contributed by atoms with Crippen LogP contribution in [0.15, 0.2) is 66.9 Å². The molecule has 3 rings (SSSR count). The van der Waals surface area contributed by atoms with Gasteiger partial charge in [-0.25, -0.2) is 4.98 Å². The zero-order chi connectivity index (χ0) is 18.6. The normalized spacial score (nSPS) is 11.4. The number of nitrogens with two attached hydrogens (primary N) is 1. The van der Waals surface area contributed by atoms with Gasteiger partial charge in [0.1, 0.15) is 6.61 Å². The Kier molecular flexibility index (Phi) is 5.23. The first-order valence-electron chi connectivity index (χ1n) is 8.00. The van der Waals surface area contributed by atoms with Crippen LogP contribution in [0.1, 0.15) is 16.7 Å². The average Bonchev–Trinajstić information content (AvgIpc) is 2.66. The number of pyridine rings is 1. The number of alkyl halides is 3. The molecule has 26 heavy (non-hydrogen) atoms. The molecule has 0 amide bonds. The van der Waals surface area contributed by atoms with Gasteiger partial charge in [-0.3, -0.25) is 0 Å². The molecule has 1 aromatic heterocycles. The molecule has 0 spiro atoms. The van der Waals surface area contributed by atoms with E-state index < -0.39 is 11.7 Å². The lowest BCUT2D eigenvalue weighted by molar-refractivity contribution is -0.137. The summed E-state index contributed by atoms with van der Waals surface area (Å²) >= 11 is 0. The van der Waals surface area contributed by atoms with Crippen molar-refractivity contribution in [1.29, 1.82) is 0 Å². The number of halogens is 3. The van der Waals surface area contributed by atoms with Crippen molar-refractivity contribution in [1.82, 2.24) is 4.98 Å². The van der Waals surface area contributed by atoms with Crippen LogP contribution < -0.4 is 10.5 Å². The summed E-state index contributed by atoms with van der Waals surface area (Å²) in [6.45, 7) is 0.504. The summed E-state index contributed by atoms with van der Waals surface area (Å²) in [4.78, 5) is 4.19. The second-order valence-electron chi connectivity index (χ2n) is 5.73. The lowest BCUT2D eigenvalue weighted by atomic mass is 9.98. The standard InChI is InChI=1S/C20H17F3N2O/c21-20(22,23)17-8-6-15(11-24)18(10-17)16-7-9-19(25-12-16)26-13-14-4-2-1-3-5-14/h1-10,12H,11,13,24H2. The lowest BCUT2D eigenvalue weighted by Crippen LogP contribution is -2.07. The summed E-state index contributed by atoms with van der Waals surface area (Å²) in [6.07, 6.45) is -2.91. The molecule has 6 heteroatoms. The molecule has 0 aliphatic heterocycles. The average molecular weight is 358 g/mol. The molecule has 0 radical (unpaired) electrons. The zero-order valence-corrected chi connectivity index (χ0v) is 13.8. The second kappa shape index (κ2) is 7.58. The minimum atomic E-state index is -4.41. The molecule has 0 saturated carbocycles. The van der Waals surface area contributed by atoms with Gasteiger partial charge in [0.2, 0.25) is 5.88 Å². The van der Waals surface area contributed by atoms with E-state index in [1.165, 1.54) is 12.3 Å². The fourth-order valence-electron chi connectivity index (χ4n) is 2.56. The maximum Gasteiger partial charge on any atom is 0.416 e. The predicted octanol–water partition coefficient (Wildman–Crippen LogP) is 4.81. The maximum atomic E-state index is 13.0. The van der Waals surface area contributed by atoms with E-state index in [1.54, 1.807) is 12.1 Å². The van der Waals surface area contributed by atoms with Crippen LogP contribution in [0.4, 0.5) is 13.2 Å². The topological polar surface area (TPSA) is 48.1 Å². The summed E-state index contributed by atoms with van der Waals surface area (Å²) in [5.41, 5.74) is 7.55. The number of aromatic nitrogens is 1. The van der Waals surface area contributed by atoms with E-state index in [2.05, 4.69) is 4.98 Å². The summed E-state index contributed by atoms with van der Waals surface area (Å²) in [5, 5.41) is 0. The highest BCUT2D eigenvalue weighted by Gasteiger charge is 2.31. The summed E-state index contributed by atoms with van der Waals surface area (Å²) in [7, 11) is 0. The number of ether oxygens (including phenoxy) is 1. The Morgan fingerprint density at radius 2 is 1.73 bits per heavy atom. The van der Waals surface area contributed by atoms with Gasteiger partial charge < -0.3 is 10.5 Å². The van der Waals surface area contributed by atoms with Crippen LogP contribution in [0.25, 0.3) is 11.1 Å². The molecular formula is C20H17F3N2O. The molecule has 0 fully saturated rings. The van der Waals surface area contributed by atoms with Crippen molar-refractivity contribution in [2.75, 3.05) is 0 Å². The molecule has 0 aliphatic carbocycles. The minimum Gasteiger partial charge on any atom is -0.473 e. The molecule has 0 aliphatic rings. The largest absolute Gasteiger partial charge is 0.473 e. The van der Waals surface area contributed by atoms with E-state index in [1.807, 2.05) is 30.3 Å². The van der Waals surface area contributed by atoms with Crippen molar-refractivity contribution in [2.45, 2.75) is 19.3 Å². The van der Waals surface area contributed by atoms with Gasteiger partial charge in [-0.2, -0.15) is 13.2 Å². The van der Waals surface area contributed by atoms with Crippen LogP contribution in [0.5, 0.6) is 5.88 Å². The molecular weight excluding hydrogens is 341 g/mol. The molecule has 3 nitrogen and oxygen atoms in total. The van der Waals surface area contributed by atoms with Crippen molar-refractivity contribution in [3.63, 3.8) is 0 Å². The van der Waals surface area contributed by atoms with Crippen LogP contribution in [0, 0.1) is 0 Å². The van der Waals surface area contributed by atoms with Crippen molar-refractivity contribution >= 4 is 0 Å². The van der Waals surface area contributed by atoms with Crippen LogP contribution in [-0.4, -0.2) is 4.98 Å². The van der Waals surface area contributed by atoms with Gasteiger partial charge in [0.25, 0.3) is 0 Å². The minimum absolute atomic E-state index is 0.139. The van der Waals surface area contributed by atoms with Crippen molar-refractivity contribution in [3.8, 4) is 17.0 Å². The van der Waals surface area contributed by atoms with Gasteiger partial charge in [0.05, 0.1) is 5.56 Å². The van der Waals surface area contributed by atoms with E-state index in [4.69, 9.17) is 10.5 Å². The lowest BCUT2D eigenvalue weighted by Gasteiger charge is -2.13. The third kappa shape index (κ3) is 4.21. The predicted molar refractivity (Wildman–Crippen MR) is 93.3 cm³/mol. The molecule has 0 atom stereocenters. The van der Waals surface area contributed by atoms with Crippen LogP contribution in [0.2, 0.25) is 0 Å². The quantitative estimate of drug-likeness (QED) is 0.712. The van der Waals surface area contributed by atoms with E-state index >= 15 is 0 Å². The van der Waals surface area contributed by atoms with E-state index in [0.29, 0.717) is 29.2 Å². The van der Waals surface area contributed by atoms with Gasteiger partial charge in [0.15, 0.2) is 0 Å². The van der Waals surface area contributed by atoms with Crippen LogP contribution >= 0.6 is 0 Å².